The van der Waals surface area contributed by atoms with Gasteiger partial charge in [0.1, 0.15) is 12.4 Å². The van der Waals surface area contributed by atoms with Crippen molar-refractivity contribution in [3.63, 3.8) is 0 Å². The van der Waals surface area contributed by atoms with E-state index in [9.17, 15) is 9.59 Å². The fourth-order valence-electron chi connectivity index (χ4n) is 2.79. The Morgan fingerprint density at radius 1 is 1.15 bits per heavy atom. The van der Waals surface area contributed by atoms with E-state index in [4.69, 9.17) is 21.1 Å². The third kappa shape index (κ3) is 4.60. The lowest BCUT2D eigenvalue weighted by molar-refractivity contribution is -0.139. The van der Waals surface area contributed by atoms with Gasteiger partial charge in [-0.15, -0.1) is 0 Å². The summed E-state index contributed by atoms with van der Waals surface area (Å²) >= 11 is 5.97. The van der Waals surface area contributed by atoms with Crippen molar-refractivity contribution >= 4 is 23.6 Å². The second-order valence-electron chi connectivity index (χ2n) is 5.80. The van der Waals surface area contributed by atoms with E-state index < -0.39 is 18.0 Å². The van der Waals surface area contributed by atoms with E-state index in [0.29, 0.717) is 22.0 Å². The molecule has 2 aromatic rings. The van der Waals surface area contributed by atoms with Gasteiger partial charge in [-0.05, 0) is 30.7 Å². The number of amides is 2. The van der Waals surface area contributed by atoms with Gasteiger partial charge in [0.15, 0.2) is 0 Å². The molecule has 0 saturated heterocycles. The van der Waals surface area contributed by atoms with Crippen LogP contribution in [0.4, 0.5) is 4.79 Å². The van der Waals surface area contributed by atoms with E-state index in [1.807, 2.05) is 30.3 Å². The molecule has 3 rings (SSSR count). The maximum atomic E-state index is 12.6. The van der Waals surface area contributed by atoms with Crippen LogP contribution < -0.4 is 15.4 Å². The molecule has 6 nitrogen and oxygen atoms in total. The molecule has 0 saturated carbocycles. The van der Waals surface area contributed by atoms with Gasteiger partial charge in [-0.3, -0.25) is 0 Å². The van der Waals surface area contributed by atoms with Gasteiger partial charge in [-0.25, -0.2) is 9.59 Å². The molecule has 1 atom stereocenters. The maximum Gasteiger partial charge on any atom is 0.338 e. The first kappa shape index (κ1) is 18.8. The van der Waals surface area contributed by atoms with Gasteiger partial charge < -0.3 is 20.1 Å². The summed E-state index contributed by atoms with van der Waals surface area (Å²) in [6.45, 7) is 1.94. The van der Waals surface area contributed by atoms with Crippen LogP contribution in [0.3, 0.4) is 0 Å². The zero-order valence-electron chi connectivity index (χ0n) is 14.7. The molecule has 0 aromatic heterocycles. The summed E-state index contributed by atoms with van der Waals surface area (Å²) in [5.41, 5.74) is 1.44. The van der Waals surface area contributed by atoms with Gasteiger partial charge >= 0.3 is 12.0 Å². The summed E-state index contributed by atoms with van der Waals surface area (Å²) in [4.78, 5) is 24.8. The van der Waals surface area contributed by atoms with Crippen LogP contribution in [0.1, 0.15) is 18.5 Å². The highest BCUT2D eigenvalue weighted by atomic mass is 35.5. The predicted molar refractivity (Wildman–Crippen MR) is 101 cm³/mol. The highest BCUT2D eigenvalue weighted by Gasteiger charge is 2.33. The normalized spacial score (nSPS) is 16.4. The standard InChI is InChI=1S/C20H19ClN2O4/c1-2-26-19(24)17-16(12-27-15-10-6-9-14(21)11-15)22-20(25)23-18(17)13-7-4-3-5-8-13/h3-11,18H,2,12H2,1H3,(H2,22,23,25)/t18-/m0/s1. The minimum absolute atomic E-state index is 0.00869. The number of esters is 1. The summed E-state index contributed by atoms with van der Waals surface area (Å²) in [5.74, 6) is 0.0193. The Morgan fingerprint density at radius 3 is 2.63 bits per heavy atom. The molecule has 2 amide bonds. The molecule has 0 spiro atoms. The van der Waals surface area contributed by atoms with Crippen molar-refractivity contribution in [3.8, 4) is 5.75 Å². The van der Waals surface area contributed by atoms with Gasteiger partial charge in [0.2, 0.25) is 0 Å². The van der Waals surface area contributed by atoms with Crippen LogP contribution in [-0.4, -0.2) is 25.2 Å². The van der Waals surface area contributed by atoms with Crippen LogP contribution in [-0.2, 0) is 9.53 Å². The molecular formula is C20H19ClN2O4. The molecule has 0 aliphatic carbocycles. The highest BCUT2D eigenvalue weighted by Crippen LogP contribution is 2.28. The Hall–Kier alpha value is -2.99. The molecule has 2 N–H and O–H groups in total. The molecule has 1 aliphatic rings. The first-order valence-corrected chi connectivity index (χ1v) is 8.87. The number of hydrogen-bond acceptors (Lipinski definition) is 4. The Labute approximate surface area is 162 Å². The number of carbonyl (C=O) groups is 2. The molecule has 7 heteroatoms. The third-order valence-corrected chi connectivity index (χ3v) is 4.20. The molecule has 0 bridgehead atoms. The molecule has 0 unspecified atom stereocenters. The number of ether oxygens (including phenoxy) is 2. The van der Waals surface area contributed by atoms with Gasteiger partial charge in [0.25, 0.3) is 0 Å². The van der Waals surface area contributed by atoms with Crippen LogP contribution in [0.25, 0.3) is 0 Å². The van der Waals surface area contributed by atoms with Gasteiger partial charge in [-0.2, -0.15) is 0 Å². The zero-order valence-corrected chi connectivity index (χ0v) is 15.5. The van der Waals surface area contributed by atoms with Gasteiger partial charge in [0.05, 0.1) is 23.9 Å². The zero-order chi connectivity index (χ0) is 19.2. The molecule has 1 aliphatic heterocycles. The fraction of sp³-hybridized carbons (Fsp3) is 0.200. The van der Waals surface area contributed by atoms with Gasteiger partial charge in [-0.1, -0.05) is 48.0 Å². The summed E-state index contributed by atoms with van der Waals surface area (Å²) < 4.78 is 10.9. The van der Waals surface area contributed by atoms with E-state index in [-0.39, 0.29) is 13.2 Å². The van der Waals surface area contributed by atoms with Gasteiger partial charge in [0, 0.05) is 5.02 Å². The van der Waals surface area contributed by atoms with Crippen molar-refractivity contribution < 1.29 is 19.1 Å². The summed E-state index contributed by atoms with van der Waals surface area (Å²) in [7, 11) is 0. The molecular weight excluding hydrogens is 368 g/mol. The minimum atomic E-state index is -0.628. The fourth-order valence-corrected chi connectivity index (χ4v) is 2.97. The van der Waals surface area contributed by atoms with Crippen LogP contribution in [0.5, 0.6) is 5.75 Å². The summed E-state index contributed by atoms with van der Waals surface area (Å²) in [6, 6.07) is 15.1. The predicted octanol–water partition coefficient (Wildman–Crippen LogP) is 3.59. The molecule has 2 aromatic carbocycles. The average Bonchev–Trinajstić information content (AvgIpc) is 2.67. The lowest BCUT2D eigenvalue weighted by atomic mass is 9.95. The van der Waals surface area contributed by atoms with Crippen molar-refractivity contribution in [1.82, 2.24) is 10.6 Å². The molecule has 0 radical (unpaired) electrons. The second-order valence-corrected chi connectivity index (χ2v) is 6.24. The van der Waals surface area contributed by atoms with E-state index in [1.54, 1.807) is 31.2 Å². The van der Waals surface area contributed by atoms with Crippen molar-refractivity contribution in [2.75, 3.05) is 13.2 Å². The minimum Gasteiger partial charge on any atom is -0.487 e. The Kier molecular flexibility index (Phi) is 5.98. The van der Waals surface area contributed by atoms with Crippen LogP contribution in [0.2, 0.25) is 5.02 Å². The SMILES string of the molecule is CCOC(=O)C1=C(COc2cccc(Cl)c2)NC(=O)N[C@H]1c1ccccc1. The Balaban J connectivity index is 1.95. The van der Waals surface area contributed by atoms with E-state index in [2.05, 4.69) is 10.6 Å². The van der Waals surface area contributed by atoms with Crippen LogP contribution in [0, 0.1) is 0 Å². The highest BCUT2D eigenvalue weighted by molar-refractivity contribution is 6.30. The van der Waals surface area contributed by atoms with E-state index in [0.717, 1.165) is 5.56 Å². The van der Waals surface area contributed by atoms with Crippen LogP contribution >= 0.6 is 11.6 Å². The largest absolute Gasteiger partial charge is 0.487 e. The van der Waals surface area contributed by atoms with Crippen molar-refractivity contribution in [2.45, 2.75) is 13.0 Å². The molecule has 1 heterocycles. The first-order chi connectivity index (χ1) is 13.1. The average molecular weight is 387 g/mol. The lowest BCUT2D eigenvalue weighted by Crippen LogP contribution is -2.47. The number of halogens is 1. The third-order valence-electron chi connectivity index (χ3n) is 3.96. The van der Waals surface area contributed by atoms with Crippen molar-refractivity contribution in [1.29, 1.82) is 0 Å². The lowest BCUT2D eigenvalue weighted by Gasteiger charge is -2.29. The Morgan fingerprint density at radius 2 is 1.93 bits per heavy atom. The summed E-state index contributed by atoms with van der Waals surface area (Å²) in [6.07, 6.45) is 0. The monoisotopic (exact) mass is 386 g/mol. The number of hydrogen-bond donors (Lipinski definition) is 2. The second kappa shape index (κ2) is 8.60. The maximum absolute atomic E-state index is 12.6. The summed E-state index contributed by atoms with van der Waals surface area (Å²) in [5, 5.41) is 5.97. The smallest absolute Gasteiger partial charge is 0.338 e. The number of nitrogens with one attached hydrogen (secondary N) is 2. The number of urea groups is 1. The quantitative estimate of drug-likeness (QED) is 0.744. The topological polar surface area (TPSA) is 76.7 Å². The van der Waals surface area contributed by atoms with Crippen LogP contribution in [0.15, 0.2) is 65.9 Å². The van der Waals surface area contributed by atoms with E-state index >= 15 is 0 Å². The number of rotatable bonds is 6. The number of carbonyl (C=O) groups excluding carboxylic acids is 2. The van der Waals surface area contributed by atoms with E-state index in [1.165, 1.54) is 0 Å². The molecule has 0 fully saturated rings. The Bertz CT molecular complexity index is 867. The molecule has 27 heavy (non-hydrogen) atoms. The first-order valence-electron chi connectivity index (χ1n) is 8.49. The van der Waals surface area contributed by atoms with Crippen molar-refractivity contribution in [2.24, 2.45) is 0 Å². The van der Waals surface area contributed by atoms with Crippen molar-refractivity contribution in [3.05, 3.63) is 76.5 Å². The number of benzene rings is 2. The molecule has 140 valence electrons.